The molecule has 4 nitrogen and oxygen atoms in total. The van der Waals surface area contributed by atoms with Crippen LogP contribution in [0, 0.1) is 5.95 Å². The number of aromatic nitrogens is 1. The van der Waals surface area contributed by atoms with E-state index in [4.69, 9.17) is 4.74 Å². The highest BCUT2D eigenvalue weighted by Gasteiger charge is 2.08. The van der Waals surface area contributed by atoms with Crippen molar-refractivity contribution in [3.05, 3.63) is 54.1 Å². The number of nitrogens with zero attached hydrogens (tertiary/aromatic N) is 1. The molecule has 0 unspecified atom stereocenters. The van der Waals surface area contributed by atoms with Crippen molar-refractivity contribution in [2.75, 3.05) is 11.9 Å². The van der Waals surface area contributed by atoms with Gasteiger partial charge < -0.3 is 10.1 Å². The highest BCUT2D eigenvalue weighted by molar-refractivity contribution is 6.02. The summed E-state index contributed by atoms with van der Waals surface area (Å²) in [5.41, 5.74) is 0.601. The summed E-state index contributed by atoms with van der Waals surface area (Å²) < 4.78 is 18.2. The third-order valence-electron chi connectivity index (χ3n) is 2.35. The van der Waals surface area contributed by atoms with Crippen molar-refractivity contribution in [3.8, 4) is 5.75 Å². The summed E-state index contributed by atoms with van der Waals surface area (Å²) in [6.45, 7) is 2.42. The lowest BCUT2D eigenvalue weighted by Gasteiger charge is -2.07. The Kier molecular flexibility index (Phi) is 4.07. The van der Waals surface area contributed by atoms with Crippen molar-refractivity contribution in [1.29, 1.82) is 0 Å². The van der Waals surface area contributed by atoms with Crippen molar-refractivity contribution in [2.45, 2.75) is 6.92 Å². The van der Waals surface area contributed by atoms with Crippen LogP contribution in [0.15, 0.2) is 42.5 Å². The van der Waals surface area contributed by atoms with E-state index in [9.17, 15) is 9.18 Å². The molecule has 0 aliphatic carbocycles. The molecule has 2 rings (SSSR count). The molecule has 19 heavy (non-hydrogen) atoms. The summed E-state index contributed by atoms with van der Waals surface area (Å²) in [6.07, 6.45) is 0. The van der Waals surface area contributed by atoms with Crippen LogP contribution in [-0.4, -0.2) is 17.5 Å². The van der Waals surface area contributed by atoms with Gasteiger partial charge in [0, 0.05) is 11.8 Å². The van der Waals surface area contributed by atoms with E-state index >= 15 is 0 Å². The monoisotopic (exact) mass is 260 g/mol. The fourth-order valence-corrected chi connectivity index (χ4v) is 1.56. The minimum Gasteiger partial charge on any atom is -0.494 e. The van der Waals surface area contributed by atoms with E-state index < -0.39 is 11.9 Å². The lowest BCUT2D eigenvalue weighted by atomic mass is 10.2. The maximum absolute atomic E-state index is 12.9. The van der Waals surface area contributed by atoms with E-state index in [1.54, 1.807) is 24.3 Å². The average molecular weight is 260 g/mol. The highest BCUT2D eigenvalue weighted by Crippen LogP contribution is 2.17. The Bertz CT molecular complexity index is 587. The molecule has 5 heteroatoms. The number of carbonyl (C=O) groups is 1. The molecule has 0 aliphatic rings. The van der Waals surface area contributed by atoms with Gasteiger partial charge in [0.15, 0.2) is 0 Å². The predicted octanol–water partition coefficient (Wildman–Crippen LogP) is 2.87. The van der Waals surface area contributed by atoms with Crippen LogP contribution in [0.5, 0.6) is 5.75 Å². The van der Waals surface area contributed by atoms with Gasteiger partial charge in [0.05, 0.1) is 6.61 Å². The molecule has 0 bridgehead atoms. The first-order chi connectivity index (χ1) is 9.19. The van der Waals surface area contributed by atoms with Crippen LogP contribution in [-0.2, 0) is 0 Å². The second-order valence-corrected chi connectivity index (χ2v) is 3.76. The van der Waals surface area contributed by atoms with E-state index in [2.05, 4.69) is 10.3 Å². The number of ether oxygens (including phenoxy) is 1. The second-order valence-electron chi connectivity index (χ2n) is 3.76. The zero-order valence-corrected chi connectivity index (χ0v) is 10.4. The third-order valence-corrected chi connectivity index (χ3v) is 2.35. The van der Waals surface area contributed by atoms with E-state index in [0.717, 1.165) is 0 Å². The van der Waals surface area contributed by atoms with Crippen molar-refractivity contribution in [2.24, 2.45) is 0 Å². The molecule has 0 saturated heterocycles. The molecule has 1 aromatic carbocycles. The van der Waals surface area contributed by atoms with Crippen molar-refractivity contribution in [3.63, 3.8) is 0 Å². The number of benzene rings is 1. The molecular formula is C14H13FN2O2. The molecule has 1 amide bonds. The molecular weight excluding hydrogens is 247 g/mol. The average Bonchev–Trinajstić information content (AvgIpc) is 2.39. The highest BCUT2D eigenvalue weighted by atomic mass is 19.1. The fourth-order valence-electron chi connectivity index (χ4n) is 1.56. The van der Waals surface area contributed by atoms with Gasteiger partial charge in [-0.15, -0.1) is 0 Å². The van der Waals surface area contributed by atoms with Crippen LogP contribution in [0.1, 0.15) is 17.4 Å². The van der Waals surface area contributed by atoms with Crippen LogP contribution < -0.4 is 10.1 Å². The molecule has 1 N–H and O–H groups in total. The van der Waals surface area contributed by atoms with E-state index in [1.165, 1.54) is 18.2 Å². The smallest absolute Gasteiger partial charge is 0.274 e. The largest absolute Gasteiger partial charge is 0.494 e. The summed E-state index contributed by atoms with van der Waals surface area (Å²) in [4.78, 5) is 15.4. The maximum Gasteiger partial charge on any atom is 0.274 e. The van der Waals surface area contributed by atoms with Gasteiger partial charge in [0.2, 0.25) is 5.95 Å². The van der Waals surface area contributed by atoms with Crippen LogP contribution >= 0.6 is 0 Å². The third kappa shape index (κ3) is 3.51. The molecule has 1 heterocycles. The summed E-state index contributed by atoms with van der Waals surface area (Å²) >= 11 is 0. The molecule has 0 fully saturated rings. The summed E-state index contributed by atoms with van der Waals surface area (Å²) in [5.74, 6) is -0.489. The zero-order chi connectivity index (χ0) is 13.7. The quantitative estimate of drug-likeness (QED) is 0.860. The molecule has 0 spiro atoms. The normalized spacial score (nSPS) is 10.0. The van der Waals surface area contributed by atoms with Crippen LogP contribution in [0.3, 0.4) is 0 Å². The van der Waals surface area contributed by atoms with Crippen LogP contribution in [0.2, 0.25) is 0 Å². The van der Waals surface area contributed by atoms with Crippen LogP contribution in [0.4, 0.5) is 10.1 Å². The molecule has 1 aromatic heterocycles. The molecule has 98 valence electrons. The van der Waals surface area contributed by atoms with E-state index in [0.29, 0.717) is 18.0 Å². The number of rotatable bonds is 4. The van der Waals surface area contributed by atoms with Gasteiger partial charge in [-0.2, -0.15) is 4.39 Å². The zero-order valence-electron chi connectivity index (χ0n) is 10.4. The van der Waals surface area contributed by atoms with Crippen molar-refractivity contribution in [1.82, 2.24) is 4.98 Å². The van der Waals surface area contributed by atoms with E-state index in [-0.39, 0.29) is 5.69 Å². The Labute approximate surface area is 110 Å². The Balaban J connectivity index is 2.12. The van der Waals surface area contributed by atoms with Gasteiger partial charge in [0.1, 0.15) is 11.4 Å². The first-order valence-corrected chi connectivity index (χ1v) is 5.86. The molecule has 0 atom stereocenters. The number of amides is 1. The predicted molar refractivity (Wildman–Crippen MR) is 69.8 cm³/mol. The summed E-state index contributed by atoms with van der Waals surface area (Å²) in [6, 6.07) is 11.0. The Hall–Kier alpha value is -2.43. The van der Waals surface area contributed by atoms with Crippen molar-refractivity contribution >= 4 is 11.6 Å². The van der Waals surface area contributed by atoms with Crippen LogP contribution in [0.25, 0.3) is 0 Å². The number of hydrogen-bond donors (Lipinski definition) is 1. The number of anilines is 1. The van der Waals surface area contributed by atoms with Gasteiger partial charge in [-0.05, 0) is 31.2 Å². The minimum absolute atomic E-state index is 0.0295. The lowest BCUT2D eigenvalue weighted by molar-refractivity contribution is 0.102. The lowest BCUT2D eigenvalue weighted by Crippen LogP contribution is -2.14. The number of pyridine rings is 1. The Morgan fingerprint density at radius 1 is 1.32 bits per heavy atom. The van der Waals surface area contributed by atoms with Gasteiger partial charge in [-0.25, -0.2) is 4.98 Å². The fraction of sp³-hybridized carbons (Fsp3) is 0.143. The number of hydrogen-bond acceptors (Lipinski definition) is 3. The molecule has 0 radical (unpaired) electrons. The van der Waals surface area contributed by atoms with E-state index in [1.807, 2.05) is 6.92 Å². The summed E-state index contributed by atoms with van der Waals surface area (Å²) in [5, 5.41) is 2.64. The Morgan fingerprint density at radius 3 is 2.84 bits per heavy atom. The Morgan fingerprint density at radius 2 is 2.11 bits per heavy atom. The molecule has 0 saturated carbocycles. The number of halogens is 1. The first-order valence-electron chi connectivity index (χ1n) is 5.86. The molecule has 0 aliphatic heterocycles. The SMILES string of the molecule is CCOc1cccc(NC(=O)c2cccc(F)n2)c1. The van der Waals surface area contributed by atoms with Crippen molar-refractivity contribution < 1.29 is 13.9 Å². The minimum atomic E-state index is -0.685. The maximum atomic E-state index is 12.9. The standard InChI is InChI=1S/C14H13FN2O2/c1-2-19-11-6-3-5-10(9-11)16-14(18)12-7-4-8-13(15)17-12/h3-9H,2H2,1H3,(H,16,18). The van der Waals surface area contributed by atoms with Gasteiger partial charge >= 0.3 is 0 Å². The topological polar surface area (TPSA) is 51.2 Å². The first kappa shape index (κ1) is 13.0. The van der Waals surface area contributed by atoms with Gasteiger partial charge in [0.25, 0.3) is 5.91 Å². The second kappa shape index (κ2) is 5.95. The molecule has 2 aromatic rings. The number of carbonyl (C=O) groups excluding carboxylic acids is 1. The summed E-state index contributed by atoms with van der Waals surface area (Å²) in [7, 11) is 0. The van der Waals surface area contributed by atoms with Gasteiger partial charge in [-0.3, -0.25) is 4.79 Å². The number of nitrogens with one attached hydrogen (secondary N) is 1. The van der Waals surface area contributed by atoms with Gasteiger partial charge in [-0.1, -0.05) is 12.1 Å².